The Morgan fingerprint density at radius 1 is 1.19 bits per heavy atom. The number of alkyl halides is 3. The molecule has 0 fully saturated rings. The highest BCUT2D eigenvalue weighted by Gasteiger charge is 2.33. The van der Waals surface area contributed by atoms with Gasteiger partial charge in [-0.1, -0.05) is 0 Å². The summed E-state index contributed by atoms with van der Waals surface area (Å²) in [6.45, 7) is 0. The fourth-order valence-electron chi connectivity index (χ4n) is 1.85. The molecule has 0 unspecified atom stereocenters. The summed E-state index contributed by atoms with van der Waals surface area (Å²) in [6.07, 6.45) is -3.37. The van der Waals surface area contributed by atoms with Crippen molar-refractivity contribution in [3.05, 3.63) is 41.7 Å². The van der Waals surface area contributed by atoms with E-state index in [-0.39, 0.29) is 11.4 Å². The summed E-state index contributed by atoms with van der Waals surface area (Å²) in [5, 5.41) is 15.2. The maximum absolute atomic E-state index is 12.6. The lowest BCUT2D eigenvalue weighted by atomic mass is 10.2. The minimum absolute atomic E-state index is 0.173. The van der Waals surface area contributed by atoms with Gasteiger partial charge in [-0.05, 0) is 24.3 Å². The van der Waals surface area contributed by atoms with Crippen molar-refractivity contribution in [2.75, 3.05) is 0 Å². The molecular weight excluding hydrogens is 283 g/mol. The van der Waals surface area contributed by atoms with Gasteiger partial charge in [0.1, 0.15) is 5.82 Å². The van der Waals surface area contributed by atoms with Gasteiger partial charge >= 0.3 is 6.18 Å². The largest absolute Gasteiger partial charge is 0.435 e. The number of benzene rings is 1. The molecule has 5 nitrogen and oxygen atoms in total. The van der Waals surface area contributed by atoms with Gasteiger partial charge in [-0.3, -0.25) is 0 Å². The van der Waals surface area contributed by atoms with E-state index in [1.165, 1.54) is 6.20 Å². The first-order valence-electron chi connectivity index (χ1n) is 5.77. The highest BCUT2D eigenvalue weighted by molar-refractivity contribution is 5.80. The van der Waals surface area contributed by atoms with Crippen molar-refractivity contribution in [3.63, 3.8) is 0 Å². The number of rotatable bonds is 1. The summed E-state index contributed by atoms with van der Waals surface area (Å²) in [6, 6.07) is 7.62. The van der Waals surface area contributed by atoms with E-state index in [0.29, 0.717) is 16.6 Å². The van der Waals surface area contributed by atoms with Crippen LogP contribution in [0.1, 0.15) is 11.3 Å². The van der Waals surface area contributed by atoms with E-state index in [1.807, 2.05) is 6.07 Å². The second-order valence-corrected chi connectivity index (χ2v) is 4.26. The van der Waals surface area contributed by atoms with Gasteiger partial charge in [-0.15, -0.1) is 5.10 Å². The topological polar surface area (TPSA) is 78.2 Å². The minimum atomic E-state index is -4.57. The van der Waals surface area contributed by atoms with Gasteiger partial charge in [0.2, 0.25) is 0 Å². The van der Waals surface area contributed by atoms with Crippen LogP contribution in [0.15, 0.2) is 30.5 Å². The van der Waals surface area contributed by atoms with Gasteiger partial charge in [-0.25, -0.2) is 4.98 Å². The predicted octanol–water partition coefficient (Wildman–Crippen LogP) is 2.91. The van der Waals surface area contributed by atoms with Crippen molar-refractivity contribution in [3.8, 4) is 17.5 Å². The highest BCUT2D eigenvalue weighted by atomic mass is 19.4. The molecule has 21 heavy (non-hydrogen) atoms. The zero-order chi connectivity index (χ0) is 15.0. The fraction of sp³-hybridized carbons (Fsp3) is 0.0769. The van der Waals surface area contributed by atoms with Crippen LogP contribution >= 0.6 is 0 Å². The van der Waals surface area contributed by atoms with Crippen LogP contribution in [-0.4, -0.2) is 20.2 Å². The second kappa shape index (κ2) is 4.56. The molecule has 2 aromatic heterocycles. The van der Waals surface area contributed by atoms with Gasteiger partial charge in [0.15, 0.2) is 5.69 Å². The van der Waals surface area contributed by atoms with Gasteiger partial charge < -0.3 is 4.98 Å². The zero-order valence-electron chi connectivity index (χ0n) is 10.3. The van der Waals surface area contributed by atoms with Crippen LogP contribution in [0.5, 0.6) is 0 Å². The van der Waals surface area contributed by atoms with Gasteiger partial charge in [0, 0.05) is 5.56 Å². The van der Waals surface area contributed by atoms with Crippen molar-refractivity contribution >= 4 is 11.0 Å². The molecule has 1 aromatic carbocycles. The van der Waals surface area contributed by atoms with Crippen LogP contribution in [0, 0.1) is 11.3 Å². The van der Waals surface area contributed by atoms with E-state index in [4.69, 9.17) is 5.26 Å². The number of hydrogen-bond acceptors (Lipinski definition) is 4. The molecule has 8 heteroatoms. The number of nitrogens with zero attached hydrogens (tertiary/aromatic N) is 4. The summed E-state index contributed by atoms with van der Waals surface area (Å²) >= 11 is 0. The monoisotopic (exact) mass is 289 g/mol. The molecule has 0 saturated heterocycles. The number of nitrogens with one attached hydrogen (secondary N) is 1. The molecule has 2 heterocycles. The van der Waals surface area contributed by atoms with Gasteiger partial charge in [-0.2, -0.15) is 23.5 Å². The lowest BCUT2D eigenvalue weighted by Crippen LogP contribution is -2.09. The van der Waals surface area contributed by atoms with Crippen molar-refractivity contribution in [1.29, 1.82) is 5.26 Å². The minimum Gasteiger partial charge on any atom is -0.338 e. The third kappa shape index (κ3) is 2.41. The first kappa shape index (κ1) is 13.1. The highest BCUT2D eigenvalue weighted by Crippen LogP contribution is 2.29. The number of fused-ring (bicyclic) bond motifs is 1. The predicted molar refractivity (Wildman–Crippen MR) is 66.8 cm³/mol. The Hall–Kier alpha value is -2.95. The van der Waals surface area contributed by atoms with E-state index < -0.39 is 11.9 Å². The molecular formula is C13H6F3N5. The number of aromatic amines is 1. The smallest absolute Gasteiger partial charge is 0.338 e. The number of halogens is 3. The Bertz CT molecular complexity index is 860. The van der Waals surface area contributed by atoms with E-state index in [2.05, 4.69) is 20.2 Å². The molecule has 104 valence electrons. The molecule has 0 amide bonds. The van der Waals surface area contributed by atoms with Crippen LogP contribution in [-0.2, 0) is 6.18 Å². The maximum atomic E-state index is 12.6. The van der Waals surface area contributed by atoms with Gasteiger partial charge in [0.25, 0.3) is 0 Å². The normalized spacial score (nSPS) is 11.5. The number of imidazole rings is 1. The molecule has 0 spiro atoms. The van der Waals surface area contributed by atoms with E-state index in [0.717, 1.165) is 6.07 Å². The zero-order valence-corrected chi connectivity index (χ0v) is 10.3. The van der Waals surface area contributed by atoms with Crippen molar-refractivity contribution in [2.24, 2.45) is 0 Å². The van der Waals surface area contributed by atoms with Crippen LogP contribution < -0.4 is 0 Å². The quantitative estimate of drug-likeness (QED) is 0.747. The maximum Gasteiger partial charge on any atom is 0.435 e. The van der Waals surface area contributed by atoms with Crippen LogP contribution in [0.25, 0.3) is 22.4 Å². The van der Waals surface area contributed by atoms with Crippen molar-refractivity contribution in [1.82, 2.24) is 20.2 Å². The first-order valence-corrected chi connectivity index (χ1v) is 5.77. The summed E-state index contributed by atoms with van der Waals surface area (Å²) in [7, 11) is 0. The summed E-state index contributed by atoms with van der Waals surface area (Å²) < 4.78 is 37.9. The third-order valence-corrected chi connectivity index (χ3v) is 2.83. The Kier molecular flexibility index (Phi) is 2.83. The Morgan fingerprint density at radius 2 is 2.00 bits per heavy atom. The average Bonchev–Trinajstić information content (AvgIpc) is 2.89. The second-order valence-electron chi connectivity index (χ2n) is 4.26. The number of aromatic nitrogens is 4. The van der Waals surface area contributed by atoms with E-state index in [9.17, 15) is 13.2 Å². The molecule has 0 radical (unpaired) electrons. The molecule has 0 aliphatic carbocycles. The molecule has 0 aliphatic heterocycles. The van der Waals surface area contributed by atoms with Crippen molar-refractivity contribution < 1.29 is 13.2 Å². The van der Waals surface area contributed by atoms with E-state index in [1.54, 1.807) is 18.2 Å². The van der Waals surface area contributed by atoms with Gasteiger partial charge in [0.05, 0.1) is 28.9 Å². The number of hydrogen-bond donors (Lipinski definition) is 1. The first-order chi connectivity index (χ1) is 9.97. The van der Waals surface area contributed by atoms with Crippen LogP contribution in [0.3, 0.4) is 0 Å². The lowest BCUT2D eigenvalue weighted by molar-refractivity contribution is -0.141. The molecule has 0 atom stereocenters. The Balaban J connectivity index is 2.10. The molecule has 3 aromatic rings. The summed E-state index contributed by atoms with van der Waals surface area (Å²) in [5.41, 5.74) is 0.635. The molecule has 0 saturated carbocycles. The molecule has 3 rings (SSSR count). The SMILES string of the molecule is N#Cc1ccc2nc(-c3cnnc(C(F)(F)F)c3)[nH]c2c1. The van der Waals surface area contributed by atoms with Crippen LogP contribution in [0.4, 0.5) is 13.2 Å². The standard InChI is InChI=1S/C13H6F3N5/c14-13(15,16)11-4-8(6-18-21-11)12-19-9-2-1-7(5-17)3-10(9)20-12/h1-4,6H,(H,19,20). The Morgan fingerprint density at radius 3 is 2.71 bits per heavy atom. The van der Waals surface area contributed by atoms with Crippen LogP contribution in [0.2, 0.25) is 0 Å². The molecule has 0 bridgehead atoms. The molecule has 0 aliphatic rings. The summed E-state index contributed by atoms with van der Waals surface area (Å²) in [5.74, 6) is 0.237. The number of H-pyrrole nitrogens is 1. The number of nitriles is 1. The average molecular weight is 289 g/mol. The summed E-state index contributed by atoms with van der Waals surface area (Å²) in [4.78, 5) is 7.05. The third-order valence-electron chi connectivity index (χ3n) is 2.83. The van der Waals surface area contributed by atoms with E-state index >= 15 is 0 Å². The lowest BCUT2D eigenvalue weighted by Gasteiger charge is -2.04. The Labute approximate surface area is 116 Å². The molecule has 1 N–H and O–H groups in total. The van der Waals surface area contributed by atoms with Crippen molar-refractivity contribution in [2.45, 2.75) is 6.18 Å². The fourth-order valence-corrected chi connectivity index (χ4v) is 1.85.